The largest absolute Gasteiger partial charge is 0.493 e. The summed E-state index contributed by atoms with van der Waals surface area (Å²) in [5.74, 6) is 1.47. The highest BCUT2D eigenvalue weighted by molar-refractivity contribution is 6.02. The monoisotopic (exact) mass is 700 g/mol. The number of nitrogens with zero attached hydrogens (tertiary/aromatic N) is 3. The van der Waals surface area contributed by atoms with Crippen LogP contribution in [-0.2, 0) is 9.59 Å². The number of anilines is 2. The molecule has 1 unspecified atom stereocenters. The van der Waals surface area contributed by atoms with Gasteiger partial charge in [-0.05, 0) is 47.2 Å². The lowest BCUT2D eigenvalue weighted by molar-refractivity contribution is -0.131. The SMILES string of the molecule is COc1ccc(C2C3=C(CC(C)(C)CC3=O)Nc3ccccc3N2CC(=O)N2CCN(C(c3ccccc3)c3ccccc3)CC2)c(OC)c1OC. The number of hydrogen-bond donors (Lipinski definition) is 1. The standard InChI is InChI=1S/C43H48N4O5/c1-43(2)26-33-38(35(48)27-43)40(31-20-21-36(50-3)42(52-5)41(31)51-4)47(34-19-13-12-18-32(34)44-33)28-37(49)45-22-24-46(25-23-45)39(29-14-8-6-9-15-29)30-16-10-7-11-17-30/h6-21,39-40,44H,22-28H2,1-5H3. The third kappa shape index (κ3) is 6.73. The number of ketones is 1. The van der Waals surface area contributed by atoms with Gasteiger partial charge in [0.2, 0.25) is 11.7 Å². The Morgan fingerprint density at radius 2 is 1.38 bits per heavy atom. The minimum absolute atomic E-state index is 0.00232. The van der Waals surface area contributed by atoms with E-state index < -0.39 is 6.04 Å². The van der Waals surface area contributed by atoms with Crippen LogP contribution in [0.25, 0.3) is 0 Å². The van der Waals surface area contributed by atoms with E-state index in [2.05, 4.69) is 77.5 Å². The summed E-state index contributed by atoms with van der Waals surface area (Å²) in [4.78, 5) is 35.4. The summed E-state index contributed by atoms with van der Waals surface area (Å²) in [7, 11) is 4.76. The number of methoxy groups -OCH3 is 3. The number of piperazine rings is 1. The molecule has 0 bridgehead atoms. The zero-order valence-corrected chi connectivity index (χ0v) is 30.7. The van der Waals surface area contributed by atoms with Gasteiger partial charge in [-0.25, -0.2) is 0 Å². The summed E-state index contributed by atoms with van der Waals surface area (Å²) in [5, 5.41) is 3.66. The van der Waals surface area contributed by atoms with Crippen LogP contribution in [0.3, 0.4) is 0 Å². The molecule has 1 saturated heterocycles. The number of hydrogen-bond acceptors (Lipinski definition) is 8. The average Bonchev–Trinajstić information content (AvgIpc) is 3.29. The van der Waals surface area contributed by atoms with E-state index in [0.29, 0.717) is 48.8 Å². The van der Waals surface area contributed by atoms with Gasteiger partial charge in [0.15, 0.2) is 17.3 Å². The molecule has 9 heteroatoms. The molecule has 0 radical (unpaired) electrons. The molecule has 1 aliphatic carbocycles. The highest BCUT2D eigenvalue weighted by Gasteiger charge is 2.44. The third-order valence-electron chi connectivity index (χ3n) is 10.6. The minimum Gasteiger partial charge on any atom is -0.493 e. The number of benzene rings is 4. The number of ether oxygens (including phenoxy) is 3. The Morgan fingerprint density at radius 1 is 0.769 bits per heavy atom. The van der Waals surface area contributed by atoms with Crippen LogP contribution in [0.4, 0.5) is 11.4 Å². The zero-order valence-electron chi connectivity index (χ0n) is 30.7. The summed E-state index contributed by atoms with van der Waals surface area (Å²) < 4.78 is 17.5. The Bertz CT molecular complexity index is 1910. The number of rotatable bonds is 9. The fraction of sp³-hybridized carbons (Fsp3) is 0.349. The Hall–Kier alpha value is -5.28. The van der Waals surface area contributed by atoms with Crippen LogP contribution in [0.1, 0.15) is 55.5 Å². The molecular weight excluding hydrogens is 652 g/mol. The normalized spacial score (nSPS) is 18.7. The Balaban J connectivity index is 1.25. The summed E-state index contributed by atoms with van der Waals surface area (Å²) in [5.41, 5.74) is 6.17. The number of carbonyl (C=O) groups excluding carboxylic acids is 2. The first kappa shape index (κ1) is 35.1. The van der Waals surface area contributed by atoms with Gasteiger partial charge >= 0.3 is 0 Å². The molecule has 1 amide bonds. The van der Waals surface area contributed by atoms with E-state index in [1.165, 1.54) is 11.1 Å². The zero-order chi connectivity index (χ0) is 36.4. The fourth-order valence-corrected chi connectivity index (χ4v) is 8.25. The molecule has 2 aliphatic heterocycles. The molecule has 270 valence electrons. The smallest absolute Gasteiger partial charge is 0.242 e. The maximum atomic E-state index is 14.6. The summed E-state index contributed by atoms with van der Waals surface area (Å²) >= 11 is 0. The molecule has 1 N–H and O–H groups in total. The summed E-state index contributed by atoms with van der Waals surface area (Å²) in [6.45, 7) is 6.96. The van der Waals surface area contributed by atoms with Crippen molar-refractivity contribution < 1.29 is 23.8 Å². The van der Waals surface area contributed by atoms with Crippen molar-refractivity contribution in [3.63, 3.8) is 0 Å². The van der Waals surface area contributed by atoms with Crippen LogP contribution >= 0.6 is 0 Å². The molecule has 0 aromatic heterocycles. The highest BCUT2D eigenvalue weighted by Crippen LogP contribution is 2.52. The second kappa shape index (κ2) is 14.8. The predicted octanol–water partition coefficient (Wildman–Crippen LogP) is 7.26. The van der Waals surface area contributed by atoms with Crippen molar-refractivity contribution in [3.8, 4) is 17.2 Å². The lowest BCUT2D eigenvalue weighted by atomic mass is 9.73. The Morgan fingerprint density at radius 3 is 2.00 bits per heavy atom. The van der Waals surface area contributed by atoms with E-state index >= 15 is 0 Å². The second-order valence-electron chi connectivity index (χ2n) is 14.6. The number of fused-ring (bicyclic) bond motifs is 1. The molecule has 3 aliphatic rings. The van der Waals surface area contributed by atoms with Crippen LogP contribution in [0.5, 0.6) is 17.2 Å². The maximum Gasteiger partial charge on any atom is 0.242 e. The van der Waals surface area contributed by atoms with Crippen molar-refractivity contribution in [1.82, 2.24) is 9.80 Å². The van der Waals surface area contributed by atoms with E-state index in [9.17, 15) is 9.59 Å². The molecule has 0 saturated carbocycles. The van der Waals surface area contributed by atoms with E-state index in [4.69, 9.17) is 14.2 Å². The first-order valence-corrected chi connectivity index (χ1v) is 18.0. The molecule has 4 aromatic rings. The van der Waals surface area contributed by atoms with Crippen LogP contribution in [0.2, 0.25) is 0 Å². The van der Waals surface area contributed by atoms with Crippen molar-refractivity contribution in [3.05, 3.63) is 125 Å². The first-order chi connectivity index (χ1) is 25.2. The van der Waals surface area contributed by atoms with Crippen LogP contribution in [0.15, 0.2) is 108 Å². The van der Waals surface area contributed by atoms with Gasteiger partial charge in [0, 0.05) is 49.4 Å². The fourth-order valence-electron chi connectivity index (χ4n) is 8.25. The number of para-hydroxylation sites is 2. The van der Waals surface area contributed by atoms with Gasteiger partial charge in [0.25, 0.3) is 0 Å². The number of nitrogens with one attached hydrogen (secondary N) is 1. The highest BCUT2D eigenvalue weighted by atomic mass is 16.5. The van der Waals surface area contributed by atoms with Crippen molar-refractivity contribution in [2.75, 3.05) is 64.3 Å². The molecule has 2 heterocycles. The van der Waals surface area contributed by atoms with E-state index in [-0.39, 0.29) is 29.7 Å². The molecule has 1 atom stereocenters. The quantitative estimate of drug-likeness (QED) is 0.196. The Kier molecular flexibility index (Phi) is 9.97. The molecule has 0 spiro atoms. The number of allylic oxidation sites excluding steroid dienone is 1. The summed E-state index contributed by atoms with van der Waals surface area (Å²) in [6.07, 6.45) is 1.08. The van der Waals surface area contributed by atoms with Gasteiger partial charge in [-0.15, -0.1) is 0 Å². The van der Waals surface area contributed by atoms with Crippen molar-refractivity contribution in [2.45, 2.75) is 38.8 Å². The van der Waals surface area contributed by atoms with Crippen molar-refractivity contribution >= 4 is 23.1 Å². The van der Waals surface area contributed by atoms with Gasteiger partial charge in [-0.1, -0.05) is 86.6 Å². The third-order valence-corrected chi connectivity index (χ3v) is 10.6. The van der Waals surface area contributed by atoms with E-state index in [1.54, 1.807) is 21.3 Å². The van der Waals surface area contributed by atoms with Crippen LogP contribution < -0.4 is 24.4 Å². The molecule has 7 rings (SSSR count). The molecule has 9 nitrogen and oxygen atoms in total. The molecule has 1 fully saturated rings. The van der Waals surface area contributed by atoms with Gasteiger partial charge in [0.1, 0.15) is 0 Å². The van der Waals surface area contributed by atoms with E-state index in [1.807, 2.05) is 53.4 Å². The number of amides is 1. The van der Waals surface area contributed by atoms with Gasteiger partial charge in [-0.3, -0.25) is 14.5 Å². The Labute approximate surface area is 306 Å². The van der Waals surface area contributed by atoms with E-state index in [0.717, 1.165) is 35.7 Å². The van der Waals surface area contributed by atoms with Crippen LogP contribution in [0, 0.1) is 5.41 Å². The maximum absolute atomic E-state index is 14.6. The first-order valence-electron chi connectivity index (χ1n) is 18.0. The number of Topliss-reactive ketones (excluding diaryl/α,β-unsaturated/α-hetero) is 1. The molecular formula is C43H48N4O5. The van der Waals surface area contributed by atoms with Gasteiger partial charge < -0.3 is 29.3 Å². The molecule has 52 heavy (non-hydrogen) atoms. The van der Waals surface area contributed by atoms with Gasteiger partial charge in [-0.2, -0.15) is 0 Å². The van der Waals surface area contributed by atoms with Crippen molar-refractivity contribution in [1.29, 1.82) is 0 Å². The summed E-state index contributed by atoms with van der Waals surface area (Å²) in [6, 6.07) is 32.4. The topological polar surface area (TPSA) is 83.6 Å². The second-order valence-corrected chi connectivity index (χ2v) is 14.6. The lowest BCUT2D eigenvalue weighted by Crippen LogP contribution is -2.52. The van der Waals surface area contributed by atoms with Crippen LogP contribution in [-0.4, -0.2) is 75.5 Å². The predicted molar refractivity (Wildman–Crippen MR) is 204 cm³/mol. The minimum atomic E-state index is -0.629. The molecule has 4 aromatic carbocycles. The van der Waals surface area contributed by atoms with Gasteiger partial charge in [0.05, 0.1) is 51.3 Å². The number of carbonyl (C=O) groups is 2. The average molecular weight is 701 g/mol. The van der Waals surface area contributed by atoms with Crippen molar-refractivity contribution in [2.24, 2.45) is 5.41 Å². The lowest BCUT2D eigenvalue weighted by Gasteiger charge is -2.42.